The van der Waals surface area contributed by atoms with Crippen molar-refractivity contribution in [2.24, 2.45) is 0 Å². The maximum absolute atomic E-state index is 4.96. The van der Waals surface area contributed by atoms with Crippen molar-refractivity contribution in [3.05, 3.63) is 158 Å². The summed E-state index contributed by atoms with van der Waals surface area (Å²) in [5.41, 5.74) is 9.06. The highest BCUT2D eigenvalue weighted by atomic mass is 14.7. The zero-order valence-corrected chi connectivity index (χ0v) is 22.9. The summed E-state index contributed by atoms with van der Waals surface area (Å²) in [6.07, 6.45) is 3.61. The van der Waals surface area contributed by atoms with E-state index in [9.17, 15) is 0 Å². The van der Waals surface area contributed by atoms with Gasteiger partial charge in [0, 0.05) is 23.5 Å². The minimum atomic E-state index is 0.944. The summed E-state index contributed by atoms with van der Waals surface area (Å²) >= 11 is 0. The average Bonchev–Trinajstić information content (AvgIpc) is 3.07. The molecule has 0 aliphatic heterocycles. The Kier molecular flexibility index (Phi) is 5.82. The highest BCUT2D eigenvalue weighted by Crippen LogP contribution is 2.45. The molecule has 0 saturated carbocycles. The van der Waals surface area contributed by atoms with Crippen molar-refractivity contribution >= 4 is 32.3 Å². The minimum absolute atomic E-state index is 0.944. The molecule has 2 heterocycles. The zero-order chi connectivity index (χ0) is 27.9. The number of pyridine rings is 2. The number of rotatable bonds is 4. The molecule has 6 aromatic carbocycles. The molecule has 0 radical (unpaired) electrons. The number of hydrogen-bond acceptors (Lipinski definition) is 2. The standard InChI is InChI=1S/C40H26N2/c1-2-11-31-27(9-1)10-7-16-32(31)40-35-14-5-3-12-33(35)39(34-13-4-6-15-36(34)40)30-21-19-28(20-22-30)37-17-8-18-38(42-37)29-23-25-41-26-24-29/h1-26H. The van der Waals surface area contributed by atoms with Gasteiger partial charge in [-0.15, -0.1) is 0 Å². The van der Waals surface area contributed by atoms with E-state index >= 15 is 0 Å². The Hall–Kier alpha value is -5.60. The minimum Gasteiger partial charge on any atom is -0.265 e. The molecule has 0 aliphatic carbocycles. The Morgan fingerprint density at radius 2 is 0.810 bits per heavy atom. The van der Waals surface area contributed by atoms with Crippen molar-refractivity contribution in [3.8, 4) is 44.8 Å². The van der Waals surface area contributed by atoms with Gasteiger partial charge in [-0.05, 0) is 78.8 Å². The quantitative estimate of drug-likeness (QED) is 0.210. The number of aromatic nitrogens is 2. The zero-order valence-electron chi connectivity index (χ0n) is 22.9. The molecule has 0 amide bonds. The van der Waals surface area contributed by atoms with E-state index in [1.807, 2.05) is 18.2 Å². The molecule has 0 N–H and O–H groups in total. The van der Waals surface area contributed by atoms with Crippen LogP contribution in [0.5, 0.6) is 0 Å². The van der Waals surface area contributed by atoms with E-state index in [1.165, 1.54) is 54.6 Å². The van der Waals surface area contributed by atoms with Crippen LogP contribution >= 0.6 is 0 Å². The molecule has 8 rings (SSSR count). The SMILES string of the molecule is c1cc(-c2ccncc2)nc(-c2ccc(-c3c4ccccc4c(-c4cccc5ccccc45)c4ccccc34)cc2)c1. The summed E-state index contributed by atoms with van der Waals surface area (Å²) < 4.78 is 0. The molecule has 2 heteroatoms. The van der Waals surface area contributed by atoms with Gasteiger partial charge in [0.2, 0.25) is 0 Å². The van der Waals surface area contributed by atoms with Gasteiger partial charge in [-0.25, -0.2) is 4.98 Å². The molecule has 2 nitrogen and oxygen atoms in total. The van der Waals surface area contributed by atoms with Crippen LogP contribution in [0.4, 0.5) is 0 Å². The smallest absolute Gasteiger partial charge is 0.0710 e. The molecule has 0 atom stereocenters. The predicted molar refractivity (Wildman–Crippen MR) is 176 cm³/mol. The van der Waals surface area contributed by atoms with Crippen molar-refractivity contribution in [2.75, 3.05) is 0 Å². The lowest BCUT2D eigenvalue weighted by Crippen LogP contribution is -1.92. The van der Waals surface area contributed by atoms with Crippen LogP contribution in [0.15, 0.2) is 158 Å². The van der Waals surface area contributed by atoms with Crippen molar-refractivity contribution < 1.29 is 0 Å². The second kappa shape index (κ2) is 10.1. The van der Waals surface area contributed by atoms with E-state index < -0.39 is 0 Å². The largest absolute Gasteiger partial charge is 0.265 e. The van der Waals surface area contributed by atoms with Crippen LogP contribution in [0.25, 0.3) is 77.1 Å². The fourth-order valence-corrected chi connectivity index (χ4v) is 6.26. The fraction of sp³-hybridized carbons (Fsp3) is 0. The molecule has 0 saturated heterocycles. The van der Waals surface area contributed by atoms with E-state index in [4.69, 9.17) is 4.98 Å². The van der Waals surface area contributed by atoms with Gasteiger partial charge >= 0.3 is 0 Å². The highest BCUT2D eigenvalue weighted by Gasteiger charge is 2.17. The molecular formula is C40H26N2. The van der Waals surface area contributed by atoms with Gasteiger partial charge in [0.05, 0.1) is 11.4 Å². The molecule has 8 aromatic rings. The summed E-state index contributed by atoms with van der Waals surface area (Å²) in [5.74, 6) is 0. The lowest BCUT2D eigenvalue weighted by molar-refractivity contribution is 1.29. The molecule has 42 heavy (non-hydrogen) atoms. The van der Waals surface area contributed by atoms with Crippen LogP contribution in [0, 0.1) is 0 Å². The molecule has 0 spiro atoms. The monoisotopic (exact) mass is 534 g/mol. The third-order valence-corrected chi connectivity index (χ3v) is 8.18. The van der Waals surface area contributed by atoms with Crippen LogP contribution in [0.1, 0.15) is 0 Å². The summed E-state index contributed by atoms with van der Waals surface area (Å²) in [4.78, 5) is 9.10. The van der Waals surface area contributed by atoms with Crippen LogP contribution in [-0.2, 0) is 0 Å². The summed E-state index contributed by atoms with van der Waals surface area (Å²) in [6.45, 7) is 0. The van der Waals surface area contributed by atoms with E-state index in [1.54, 1.807) is 12.4 Å². The van der Waals surface area contributed by atoms with Crippen LogP contribution in [0.3, 0.4) is 0 Å². The first-order chi connectivity index (χ1) is 20.8. The van der Waals surface area contributed by atoms with Crippen molar-refractivity contribution in [1.82, 2.24) is 9.97 Å². The Morgan fingerprint density at radius 1 is 0.333 bits per heavy atom. The van der Waals surface area contributed by atoms with Crippen LogP contribution < -0.4 is 0 Å². The maximum Gasteiger partial charge on any atom is 0.0710 e. The van der Waals surface area contributed by atoms with Gasteiger partial charge < -0.3 is 0 Å². The molecule has 196 valence electrons. The lowest BCUT2D eigenvalue weighted by Gasteiger charge is -2.19. The first-order valence-corrected chi connectivity index (χ1v) is 14.2. The molecule has 0 unspecified atom stereocenters. The molecule has 0 aliphatic rings. The maximum atomic E-state index is 4.96. The summed E-state index contributed by atoms with van der Waals surface area (Å²) in [6, 6.07) is 52.0. The van der Waals surface area contributed by atoms with E-state index in [2.05, 4.69) is 132 Å². The van der Waals surface area contributed by atoms with Crippen molar-refractivity contribution in [1.29, 1.82) is 0 Å². The Labute approximate surface area is 244 Å². The molecular weight excluding hydrogens is 508 g/mol. The molecule has 0 bridgehead atoms. The topological polar surface area (TPSA) is 25.8 Å². The number of benzene rings is 6. The normalized spacial score (nSPS) is 11.3. The Bertz CT molecular complexity index is 2170. The number of hydrogen-bond donors (Lipinski definition) is 0. The Balaban J connectivity index is 1.32. The lowest BCUT2D eigenvalue weighted by atomic mass is 9.84. The number of nitrogens with zero attached hydrogens (tertiary/aromatic N) is 2. The second-order valence-electron chi connectivity index (χ2n) is 10.6. The number of fused-ring (bicyclic) bond motifs is 3. The second-order valence-corrected chi connectivity index (χ2v) is 10.6. The van der Waals surface area contributed by atoms with Gasteiger partial charge in [-0.2, -0.15) is 0 Å². The van der Waals surface area contributed by atoms with Gasteiger partial charge in [-0.1, -0.05) is 121 Å². The van der Waals surface area contributed by atoms with E-state index in [0.717, 1.165) is 22.5 Å². The predicted octanol–water partition coefficient (Wildman–Crippen LogP) is 10.6. The van der Waals surface area contributed by atoms with Crippen molar-refractivity contribution in [2.45, 2.75) is 0 Å². The summed E-state index contributed by atoms with van der Waals surface area (Å²) in [5, 5.41) is 7.56. The first kappa shape index (κ1) is 24.2. The van der Waals surface area contributed by atoms with Gasteiger partial charge in [-0.3, -0.25) is 4.98 Å². The molecule has 2 aromatic heterocycles. The van der Waals surface area contributed by atoms with Gasteiger partial charge in [0.25, 0.3) is 0 Å². The van der Waals surface area contributed by atoms with Crippen molar-refractivity contribution in [3.63, 3.8) is 0 Å². The third kappa shape index (κ3) is 4.05. The first-order valence-electron chi connectivity index (χ1n) is 14.2. The van der Waals surface area contributed by atoms with Gasteiger partial charge in [0.1, 0.15) is 0 Å². The Morgan fingerprint density at radius 3 is 1.45 bits per heavy atom. The average molecular weight is 535 g/mol. The molecule has 0 fully saturated rings. The van der Waals surface area contributed by atoms with E-state index in [-0.39, 0.29) is 0 Å². The highest BCUT2D eigenvalue weighted by molar-refractivity contribution is 6.23. The van der Waals surface area contributed by atoms with Gasteiger partial charge in [0.15, 0.2) is 0 Å². The summed E-state index contributed by atoms with van der Waals surface area (Å²) in [7, 11) is 0. The van der Waals surface area contributed by atoms with Crippen LogP contribution in [-0.4, -0.2) is 9.97 Å². The third-order valence-electron chi connectivity index (χ3n) is 8.18. The van der Waals surface area contributed by atoms with Crippen LogP contribution in [0.2, 0.25) is 0 Å². The fourth-order valence-electron chi connectivity index (χ4n) is 6.26. The van der Waals surface area contributed by atoms with E-state index in [0.29, 0.717) is 0 Å².